The average Bonchev–Trinajstić information content (AvgIpc) is 3.22. The van der Waals surface area contributed by atoms with Crippen LogP contribution in [0.25, 0.3) is 0 Å². The molecule has 0 unspecified atom stereocenters. The number of carbonyl (C=O) groups is 2. The largest absolute Gasteiger partial charge is 0.469 e. The molecule has 0 radical (unpaired) electrons. The fourth-order valence-electron chi connectivity index (χ4n) is 4.58. The number of nitro benzene ring substituents is 1. The van der Waals surface area contributed by atoms with Gasteiger partial charge in [0.1, 0.15) is 5.54 Å². The Hall–Kier alpha value is -2.48. The average molecular weight is 331 g/mol. The quantitative estimate of drug-likeness (QED) is 0.499. The van der Waals surface area contributed by atoms with Crippen molar-refractivity contribution in [2.75, 3.05) is 19.0 Å². The molecule has 0 aliphatic carbocycles. The van der Waals surface area contributed by atoms with Crippen molar-refractivity contribution in [1.29, 1.82) is 0 Å². The predicted molar refractivity (Wildman–Crippen MR) is 83.3 cm³/mol. The fraction of sp³-hybridized carbons (Fsp3) is 0.500. The van der Waals surface area contributed by atoms with Crippen molar-refractivity contribution in [3.05, 3.63) is 33.9 Å². The third-order valence-corrected chi connectivity index (χ3v) is 5.56. The van der Waals surface area contributed by atoms with E-state index in [0.717, 1.165) is 12.8 Å². The summed E-state index contributed by atoms with van der Waals surface area (Å²) in [5.74, 6) is -0.930. The number of nitrogens with one attached hydrogen (secondary N) is 1. The van der Waals surface area contributed by atoms with Crippen molar-refractivity contribution >= 4 is 23.3 Å². The van der Waals surface area contributed by atoms with Crippen LogP contribution >= 0.6 is 0 Å². The summed E-state index contributed by atoms with van der Waals surface area (Å²) in [7, 11) is 1.35. The van der Waals surface area contributed by atoms with E-state index >= 15 is 0 Å². The van der Waals surface area contributed by atoms with Gasteiger partial charge < -0.3 is 10.1 Å². The summed E-state index contributed by atoms with van der Waals surface area (Å²) in [4.78, 5) is 37.8. The Labute approximate surface area is 137 Å². The number of methoxy groups -OCH3 is 1. The number of hydrogen-bond donors (Lipinski definition) is 1. The maximum absolute atomic E-state index is 12.9. The van der Waals surface area contributed by atoms with Gasteiger partial charge in [0.2, 0.25) is 5.91 Å². The van der Waals surface area contributed by atoms with Gasteiger partial charge in [-0.05, 0) is 31.9 Å². The second-order valence-electron chi connectivity index (χ2n) is 6.54. The first kappa shape index (κ1) is 15.1. The summed E-state index contributed by atoms with van der Waals surface area (Å²) in [6.07, 6.45) is 2.00. The molecule has 3 aliphatic heterocycles. The zero-order chi connectivity index (χ0) is 17.1. The van der Waals surface area contributed by atoms with Crippen molar-refractivity contribution in [3.8, 4) is 0 Å². The number of amides is 1. The van der Waals surface area contributed by atoms with Crippen LogP contribution in [0.3, 0.4) is 0 Å². The summed E-state index contributed by atoms with van der Waals surface area (Å²) in [5.41, 5.74) is 0.116. The number of nitrogens with zero attached hydrogens (tertiary/aromatic N) is 2. The standard InChI is InChI=1S/C16H17N3O5/c1-24-14(20)10-8-16(18-6-2-3-13(10)18)11-7-9(19(22)23)4-5-12(11)17-15(16)21/h4-5,7,10,13H,2-3,6,8H2,1H3,(H,17,21)/t10-,13+,16+/m1/s1. The molecule has 2 fully saturated rings. The predicted octanol–water partition coefficient (Wildman–Crippen LogP) is 1.40. The second kappa shape index (κ2) is 5.01. The van der Waals surface area contributed by atoms with Crippen LogP contribution < -0.4 is 5.32 Å². The number of esters is 1. The van der Waals surface area contributed by atoms with Gasteiger partial charge in [0.05, 0.1) is 18.0 Å². The highest BCUT2D eigenvalue weighted by molar-refractivity contribution is 6.07. The van der Waals surface area contributed by atoms with E-state index in [-0.39, 0.29) is 23.6 Å². The Morgan fingerprint density at radius 3 is 3.00 bits per heavy atom. The van der Waals surface area contributed by atoms with E-state index in [2.05, 4.69) is 5.32 Å². The SMILES string of the molecule is COC(=O)[C@@H]1C[C@]2(C(=O)Nc3ccc([N+](=O)[O-])cc32)N2CCC[C@@H]12. The summed E-state index contributed by atoms with van der Waals surface area (Å²) >= 11 is 0. The Kier molecular flexibility index (Phi) is 3.14. The van der Waals surface area contributed by atoms with Crippen LogP contribution in [0.2, 0.25) is 0 Å². The van der Waals surface area contributed by atoms with Crippen LogP contribution in [0.1, 0.15) is 24.8 Å². The molecule has 1 spiro atoms. The van der Waals surface area contributed by atoms with E-state index in [4.69, 9.17) is 4.74 Å². The van der Waals surface area contributed by atoms with E-state index in [1.54, 1.807) is 6.07 Å². The lowest BCUT2D eigenvalue weighted by molar-refractivity contribution is -0.384. The van der Waals surface area contributed by atoms with Gasteiger partial charge in [0.25, 0.3) is 5.69 Å². The molecule has 3 heterocycles. The topological polar surface area (TPSA) is 102 Å². The van der Waals surface area contributed by atoms with Crippen LogP contribution in [0.15, 0.2) is 18.2 Å². The Bertz CT molecular complexity index is 764. The molecule has 126 valence electrons. The van der Waals surface area contributed by atoms with Crippen LogP contribution in [0.4, 0.5) is 11.4 Å². The first-order valence-electron chi connectivity index (χ1n) is 7.94. The molecule has 3 aliphatic rings. The van der Waals surface area contributed by atoms with Crippen molar-refractivity contribution in [1.82, 2.24) is 4.90 Å². The van der Waals surface area contributed by atoms with Crippen molar-refractivity contribution in [3.63, 3.8) is 0 Å². The van der Waals surface area contributed by atoms with Gasteiger partial charge in [-0.2, -0.15) is 0 Å². The van der Waals surface area contributed by atoms with Crippen LogP contribution in [0.5, 0.6) is 0 Å². The normalized spacial score (nSPS) is 31.0. The molecule has 1 aromatic rings. The zero-order valence-electron chi connectivity index (χ0n) is 13.2. The Morgan fingerprint density at radius 2 is 2.29 bits per heavy atom. The van der Waals surface area contributed by atoms with E-state index in [9.17, 15) is 19.7 Å². The number of anilines is 1. The van der Waals surface area contributed by atoms with Crippen LogP contribution in [0, 0.1) is 16.0 Å². The highest BCUT2D eigenvalue weighted by atomic mass is 16.6. The first-order valence-corrected chi connectivity index (χ1v) is 7.94. The molecule has 0 bridgehead atoms. The third-order valence-electron chi connectivity index (χ3n) is 5.56. The number of fused-ring (bicyclic) bond motifs is 4. The summed E-state index contributed by atoms with van der Waals surface area (Å²) in [6, 6.07) is 4.35. The van der Waals surface area contributed by atoms with Gasteiger partial charge in [0.15, 0.2) is 0 Å². The number of rotatable bonds is 2. The molecule has 3 atom stereocenters. The highest BCUT2D eigenvalue weighted by Gasteiger charge is 2.63. The highest BCUT2D eigenvalue weighted by Crippen LogP contribution is 2.54. The smallest absolute Gasteiger partial charge is 0.310 e. The third kappa shape index (κ3) is 1.77. The van der Waals surface area contributed by atoms with Gasteiger partial charge in [0, 0.05) is 29.4 Å². The summed E-state index contributed by atoms with van der Waals surface area (Å²) < 4.78 is 4.92. The lowest BCUT2D eigenvalue weighted by Crippen LogP contribution is -2.47. The summed E-state index contributed by atoms with van der Waals surface area (Å²) in [5, 5.41) is 14.0. The van der Waals surface area contributed by atoms with E-state index in [1.165, 1.54) is 19.2 Å². The van der Waals surface area contributed by atoms with Gasteiger partial charge in [-0.1, -0.05) is 0 Å². The molecule has 4 rings (SSSR count). The van der Waals surface area contributed by atoms with Crippen molar-refractivity contribution in [2.24, 2.45) is 5.92 Å². The number of benzene rings is 1. The van der Waals surface area contributed by atoms with Crippen molar-refractivity contribution in [2.45, 2.75) is 30.8 Å². The maximum Gasteiger partial charge on any atom is 0.310 e. The molecule has 2 saturated heterocycles. The van der Waals surface area contributed by atoms with Crippen LogP contribution in [-0.4, -0.2) is 41.4 Å². The van der Waals surface area contributed by atoms with E-state index in [1.807, 2.05) is 4.90 Å². The molecular formula is C16H17N3O5. The molecule has 1 N–H and O–H groups in total. The van der Waals surface area contributed by atoms with Gasteiger partial charge >= 0.3 is 5.97 Å². The minimum atomic E-state index is -1.01. The molecular weight excluding hydrogens is 314 g/mol. The van der Waals surface area contributed by atoms with Gasteiger partial charge in [-0.25, -0.2) is 0 Å². The number of nitro groups is 1. The minimum absolute atomic E-state index is 0.0538. The molecule has 0 saturated carbocycles. The monoisotopic (exact) mass is 331 g/mol. The number of carbonyl (C=O) groups excluding carboxylic acids is 2. The first-order chi connectivity index (χ1) is 11.5. The van der Waals surface area contributed by atoms with Gasteiger partial charge in [-0.3, -0.25) is 24.6 Å². The van der Waals surface area contributed by atoms with Crippen LogP contribution in [-0.2, 0) is 19.9 Å². The molecule has 24 heavy (non-hydrogen) atoms. The minimum Gasteiger partial charge on any atom is -0.469 e. The molecule has 8 heteroatoms. The number of hydrogen-bond acceptors (Lipinski definition) is 6. The fourth-order valence-corrected chi connectivity index (χ4v) is 4.58. The molecule has 0 aromatic heterocycles. The van der Waals surface area contributed by atoms with Crippen molar-refractivity contribution < 1.29 is 19.2 Å². The van der Waals surface area contributed by atoms with E-state index in [0.29, 0.717) is 24.2 Å². The lowest BCUT2D eigenvalue weighted by atomic mass is 9.84. The van der Waals surface area contributed by atoms with E-state index < -0.39 is 16.4 Å². The van der Waals surface area contributed by atoms with Gasteiger partial charge in [-0.15, -0.1) is 0 Å². The molecule has 1 amide bonds. The Balaban J connectivity index is 1.86. The molecule has 8 nitrogen and oxygen atoms in total. The second-order valence-corrected chi connectivity index (χ2v) is 6.54. The zero-order valence-corrected chi connectivity index (χ0v) is 13.2. The number of non-ortho nitro benzene ring substituents is 1. The Morgan fingerprint density at radius 1 is 1.50 bits per heavy atom. The summed E-state index contributed by atoms with van der Waals surface area (Å²) in [6.45, 7) is 0.688. The lowest BCUT2D eigenvalue weighted by Gasteiger charge is -2.32. The molecule has 1 aromatic carbocycles. The maximum atomic E-state index is 12.9. The number of ether oxygens (including phenoxy) is 1.